The molecule has 0 aliphatic carbocycles. The lowest BCUT2D eigenvalue weighted by Gasteiger charge is -2.49. The molecule has 7 nitrogen and oxygen atoms in total. The van der Waals surface area contributed by atoms with Crippen LogP contribution < -0.4 is 0 Å². The first-order valence-electron chi connectivity index (χ1n) is 10.7. The molecule has 162 valence electrons. The number of rotatable bonds is 4. The Kier molecular flexibility index (Phi) is 5.16. The lowest BCUT2D eigenvalue weighted by atomic mass is 9.85. The zero-order valence-corrected chi connectivity index (χ0v) is 18.5. The first kappa shape index (κ1) is 20.4. The van der Waals surface area contributed by atoms with Crippen molar-refractivity contribution in [3.8, 4) is 11.3 Å². The summed E-state index contributed by atoms with van der Waals surface area (Å²) in [6.45, 7) is 3.55. The predicted octanol–water partition coefficient (Wildman–Crippen LogP) is 2.71. The molecule has 0 amide bonds. The highest BCUT2D eigenvalue weighted by molar-refractivity contribution is 7.88. The van der Waals surface area contributed by atoms with Crippen LogP contribution >= 0.6 is 0 Å². The second-order valence-electron chi connectivity index (χ2n) is 8.49. The average molecular weight is 438 g/mol. The van der Waals surface area contributed by atoms with E-state index >= 15 is 0 Å². The Morgan fingerprint density at radius 2 is 1.74 bits per heavy atom. The van der Waals surface area contributed by atoms with E-state index in [9.17, 15) is 8.42 Å². The van der Waals surface area contributed by atoms with Gasteiger partial charge in [0.1, 0.15) is 5.82 Å². The summed E-state index contributed by atoms with van der Waals surface area (Å²) in [6.07, 6.45) is 8.36. The van der Waals surface area contributed by atoms with Gasteiger partial charge in [-0.15, -0.1) is 0 Å². The van der Waals surface area contributed by atoms with Crippen LogP contribution in [0.15, 0.2) is 61.1 Å². The Bertz CT molecular complexity index is 1150. The Hall–Kier alpha value is -2.55. The summed E-state index contributed by atoms with van der Waals surface area (Å²) in [4.78, 5) is 11.4. The molecule has 0 saturated carbocycles. The van der Waals surface area contributed by atoms with Gasteiger partial charge in [-0.25, -0.2) is 13.4 Å². The maximum Gasteiger partial charge on any atom is 0.212 e. The molecule has 2 aliphatic heterocycles. The SMILES string of the molecule is CS(=O)(=O)N1CCn2c(-c3ccccc3)cnc2C12CCN(Cc1cccnc1)CC2. The molecule has 0 radical (unpaired) electrons. The average Bonchev–Trinajstić information content (AvgIpc) is 3.21. The Balaban J connectivity index is 1.48. The zero-order chi connectivity index (χ0) is 21.5. The van der Waals surface area contributed by atoms with Gasteiger partial charge < -0.3 is 4.57 Å². The summed E-state index contributed by atoms with van der Waals surface area (Å²) in [5.41, 5.74) is 2.75. The van der Waals surface area contributed by atoms with Crippen molar-refractivity contribution in [2.45, 2.75) is 31.5 Å². The van der Waals surface area contributed by atoms with E-state index < -0.39 is 15.6 Å². The van der Waals surface area contributed by atoms with Gasteiger partial charge in [-0.2, -0.15) is 4.31 Å². The van der Waals surface area contributed by atoms with Crippen LogP contribution in [-0.4, -0.2) is 58.0 Å². The van der Waals surface area contributed by atoms with Crippen LogP contribution in [0.2, 0.25) is 0 Å². The molecule has 0 unspecified atom stereocenters. The summed E-state index contributed by atoms with van der Waals surface area (Å²) in [5, 5.41) is 0. The lowest BCUT2D eigenvalue weighted by Crippen LogP contribution is -2.59. The normalized spacial score (nSPS) is 19.4. The third-order valence-corrected chi connectivity index (χ3v) is 7.89. The van der Waals surface area contributed by atoms with Gasteiger partial charge in [0.2, 0.25) is 10.0 Å². The van der Waals surface area contributed by atoms with Crippen LogP contribution in [0.5, 0.6) is 0 Å². The number of pyridine rings is 1. The molecule has 3 aromatic rings. The minimum atomic E-state index is -3.36. The highest BCUT2D eigenvalue weighted by atomic mass is 32.2. The van der Waals surface area contributed by atoms with E-state index in [1.807, 2.05) is 36.7 Å². The molecular formula is C23H27N5O2S. The van der Waals surface area contributed by atoms with Crippen molar-refractivity contribution in [1.29, 1.82) is 0 Å². The molecule has 4 heterocycles. The summed E-state index contributed by atoms with van der Waals surface area (Å²) in [7, 11) is -3.36. The molecule has 0 N–H and O–H groups in total. The lowest BCUT2D eigenvalue weighted by molar-refractivity contribution is 0.0456. The van der Waals surface area contributed by atoms with Crippen molar-refractivity contribution in [3.05, 3.63) is 72.4 Å². The Morgan fingerprint density at radius 3 is 2.42 bits per heavy atom. The molecule has 31 heavy (non-hydrogen) atoms. The minimum Gasteiger partial charge on any atom is -0.325 e. The number of benzene rings is 1. The van der Waals surface area contributed by atoms with Gasteiger partial charge in [0.05, 0.1) is 23.7 Å². The van der Waals surface area contributed by atoms with Crippen LogP contribution in [0.3, 0.4) is 0 Å². The van der Waals surface area contributed by atoms with Gasteiger partial charge in [-0.05, 0) is 30.0 Å². The van der Waals surface area contributed by atoms with Crippen LogP contribution in [-0.2, 0) is 28.7 Å². The molecule has 0 bridgehead atoms. The zero-order valence-electron chi connectivity index (χ0n) is 17.7. The molecule has 8 heteroatoms. The first-order valence-corrected chi connectivity index (χ1v) is 12.5. The van der Waals surface area contributed by atoms with E-state index in [0.717, 1.165) is 49.6 Å². The Morgan fingerprint density at radius 1 is 0.968 bits per heavy atom. The van der Waals surface area contributed by atoms with Gasteiger partial charge in [0, 0.05) is 45.1 Å². The molecule has 1 spiro atoms. The van der Waals surface area contributed by atoms with Crippen LogP contribution in [0.25, 0.3) is 11.3 Å². The van der Waals surface area contributed by atoms with E-state index in [4.69, 9.17) is 4.98 Å². The number of sulfonamides is 1. The topological polar surface area (TPSA) is 71.3 Å². The van der Waals surface area contributed by atoms with Gasteiger partial charge in [0.25, 0.3) is 0 Å². The number of piperidine rings is 1. The molecule has 0 atom stereocenters. The fraction of sp³-hybridized carbons (Fsp3) is 0.391. The van der Waals surface area contributed by atoms with Gasteiger partial charge in [-0.1, -0.05) is 36.4 Å². The number of nitrogens with zero attached hydrogens (tertiary/aromatic N) is 5. The molecule has 1 aromatic carbocycles. The van der Waals surface area contributed by atoms with Crippen molar-refractivity contribution in [3.63, 3.8) is 0 Å². The summed E-state index contributed by atoms with van der Waals surface area (Å²) >= 11 is 0. The van der Waals surface area contributed by atoms with E-state index in [0.29, 0.717) is 13.1 Å². The van der Waals surface area contributed by atoms with Crippen molar-refractivity contribution >= 4 is 10.0 Å². The van der Waals surface area contributed by atoms with Gasteiger partial charge in [-0.3, -0.25) is 9.88 Å². The predicted molar refractivity (Wildman–Crippen MR) is 120 cm³/mol. The monoisotopic (exact) mass is 437 g/mol. The highest BCUT2D eigenvalue weighted by Gasteiger charge is 2.50. The number of aromatic nitrogens is 3. The fourth-order valence-electron chi connectivity index (χ4n) is 5.12. The summed E-state index contributed by atoms with van der Waals surface area (Å²) in [5.74, 6) is 0.879. The van der Waals surface area contributed by atoms with E-state index in [-0.39, 0.29) is 0 Å². The number of hydrogen-bond donors (Lipinski definition) is 0. The van der Waals surface area contributed by atoms with E-state index in [2.05, 4.69) is 32.7 Å². The molecule has 1 saturated heterocycles. The number of fused-ring (bicyclic) bond motifs is 2. The van der Waals surface area contributed by atoms with Crippen LogP contribution in [0.1, 0.15) is 24.2 Å². The van der Waals surface area contributed by atoms with Crippen molar-refractivity contribution in [1.82, 2.24) is 23.7 Å². The van der Waals surface area contributed by atoms with Crippen molar-refractivity contribution in [2.75, 3.05) is 25.9 Å². The van der Waals surface area contributed by atoms with Gasteiger partial charge >= 0.3 is 0 Å². The van der Waals surface area contributed by atoms with E-state index in [1.165, 1.54) is 11.8 Å². The molecular weight excluding hydrogens is 410 g/mol. The third-order valence-electron chi connectivity index (χ3n) is 6.56. The second kappa shape index (κ2) is 7.85. The molecule has 5 rings (SSSR count). The third kappa shape index (κ3) is 3.69. The smallest absolute Gasteiger partial charge is 0.212 e. The summed E-state index contributed by atoms with van der Waals surface area (Å²) < 4.78 is 29.5. The summed E-state index contributed by atoms with van der Waals surface area (Å²) in [6, 6.07) is 14.2. The Labute approximate surface area is 183 Å². The van der Waals surface area contributed by atoms with Crippen molar-refractivity contribution in [2.24, 2.45) is 0 Å². The van der Waals surface area contributed by atoms with E-state index in [1.54, 1.807) is 10.5 Å². The molecule has 2 aliphatic rings. The molecule has 2 aromatic heterocycles. The maximum atomic E-state index is 12.8. The molecule has 1 fully saturated rings. The second-order valence-corrected chi connectivity index (χ2v) is 10.4. The first-order chi connectivity index (χ1) is 15.0. The largest absolute Gasteiger partial charge is 0.325 e. The number of hydrogen-bond acceptors (Lipinski definition) is 5. The van der Waals surface area contributed by atoms with Crippen LogP contribution in [0.4, 0.5) is 0 Å². The minimum absolute atomic E-state index is 0.477. The highest BCUT2D eigenvalue weighted by Crippen LogP contribution is 2.43. The number of imidazole rings is 1. The standard InChI is InChI=1S/C23H27N5O2S/c1-31(29,30)28-15-14-27-21(20-7-3-2-4-8-20)17-25-22(27)23(28)9-12-26(13-10-23)18-19-6-5-11-24-16-19/h2-8,11,16-17H,9-10,12-15,18H2,1H3. The maximum absolute atomic E-state index is 12.8. The van der Waals surface area contributed by atoms with Gasteiger partial charge in [0.15, 0.2) is 0 Å². The quantitative estimate of drug-likeness (QED) is 0.628. The van der Waals surface area contributed by atoms with Crippen LogP contribution in [0, 0.1) is 0 Å². The van der Waals surface area contributed by atoms with Crippen molar-refractivity contribution < 1.29 is 8.42 Å². The fourth-order valence-corrected chi connectivity index (χ4v) is 6.43. The number of likely N-dealkylation sites (tertiary alicyclic amines) is 1.